The van der Waals surface area contributed by atoms with E-state index < -0.39 is 0 Å². The maximum absolute atomic E-state index is 3.99. The van der Waals surface area contributed by atoms with Crippen LogP contribution >= 0.6 is 31.9 Å². The molecule has 3 aromatic carbocycles. The molecular formula is C23H17Br2N. The van der Waals surface area contributed by atoms with Crippen LogP contribution in [0.2, 0.25) is 0 Å². The third kappa shape index (κ3) is 5.38. The molecule has 0 atom stereocenters. The Morgan fingerprint density at radius 1 is 0.462 bits per heavy atom. The van der Waals surface area contributed by atoms with Crippen molar-refractivity contribution in [2.45, 2.75) is 0 Å². The fraction of sp³-hybridized carbons (Fsp3) is 0. The predicted octanol–water partition coefficient (Wildman–Crippen LogP) is 7.63. The van der Waals surface area contributed by atoms with Crippen molar-refractivity contribution in [2.75, 3.05) is 0 Å². The SMILES string of the molecule is Brc1cc(Br)cc(-c2ccncc2)c1.c1ccc(-c2ccccc2)cc1. The van der Waals surface area contributed by atoms with Gasteiger partial charge in [-0.1, -0.05) is 92.5 Å². The molecule has 0 saturated heterocycles. The summed E-state index contributed by atoms with van der Waals surface area (Å²) in [5.41, 5.74) is 4.90. The Labute approximate surface area is 171 Å². The molecule has 4 rings (SSSR count). The highest BCUT2D eigenvalue weighted by Gasteiger charge is 1.99. The standard InChI is InChI=1S/C12H10.C11H7Br2N/c1-3-7-11(8-4-1)12-9-5-2-6-10-12;12-10-5-9(6-11(13)7-10)8-1-3-14-4-2-8/h1-10H;1-7H. The third-order valence-corrected chi connectivity index (χ3v) is 4.67. The molecule has 0 radical (unpaired) electrons. The van der Waals surface area contributed by atoms with Gasteiger partial charge in [0.1, 0.15) is 0 Å². The summed E-state index contributed by atoms with van der Waals surface area (Å²) in [6.45, 7) is 0. The number of halogens is 2. The highest BCUT2D eigenvalue weighted by molar-refractivity contribution is 9.11. The van der Waals surface area contributed by atoms with E-state index in [2.05, 4.69) is 97.5 Å². The van der Waals surface area contributed by atoms with E-state index in [1.165, 1.54) is 22.3 Å². The quantitative estimate of drug-likeness (QED) is 0.296. The predicted molar refractivity (Wildman–Crippen MR) is 117 cm³/mol. The first-order valence-electron chi connectivity index (χ1n) is 8.19. The van der Waals surface area contributed by atoms with Crippen LogP contribution in [0.4, 0.5) is 0 Å². The fourth-order valence-electron chi connectivity index (χ4n) is 2.53. The molecule has 26 heavy (non-hydrogen) atoms. The van der Waals surface area contributed by atoms with Crippen LogP contribution in [0, 0.1) is 0 Å². The van der Waals surface area contributed by atoms with E-state index in [1.807, 2.05) is 30.3 Å². The maximum Gasteiger partial charge on any atom is 0.0273 e. The van der Waals surface area contributed by atoms with E-state index >= 15 is 0 Å². The number of aromatic nitrogens is 1. The smallest absolute Gasteiger partial charge is 0.0273 e. The Balaban J connectivity index is 0.000000152. The molecule has 0 fully saturated rings. The van der Waals surface area contributed by atoms with Gasteiger partial charge < -0.3 is 0 Å². The van der Waals surface area contributed by atoms with Crippen molar-refractivity contribution in [3.8, 4) is 22.3 Å². The van der Waals surface area contributed by atoms with E-state index in [9.17, 15) is 0 Å². The first kappa shape index (κ1) is 18.6. The van der Waals surface area contributed by atoms with Crippen LogP contribution in [0.15, 0.2) is 112 Å². The normalized spacial score (nSPS) is 9.92. The lowest BCUT2D eigenvalue weighted by Gasteiger charge is -2.02. The lowest BCUT2D eigenvalue weighted by Crippen LogP contribution is -1.79. The Morgan fingerprint density at radius 2 is 0.885 bits per heavy atom. The molecule has 0 spiro atoms. The van der Waals surface area contributed by atoms with Crippen molar-refractivity contribution >= 4 is 31.9 Å². The molecule has 0 aliphatic carbocycles. The summed E-state index contributed by atoms with van der Waals surface area (Å²) in [6, 6.07) is 31.0. The van der Waals surface area contributed by atoms with E-state index in [-0.39, 0.29) is 0 Å². The lowest BCUT2D eigenvalue weighted by molar-refractivity contribution is 1.33. The molecule has 1 aromatic heterocycles. The van der Waals surface area contributed by atoms with Crippen molar-refractivity contribution < 1.29 is 0 Å². The van der Waals surface area contributed by atoms with Crippen molar-refractivity contribution in [1.29, 1.82) is 0 Å². The molecule has 0 unspecified atom stereocenters. The summed E-state index contributed by atoms with van der Waals surface area (Å²) in [5, 5.41) is 0. The average molecular weight is 467 g/mol. The largest absolute Gasteiger partial charge is 0.265 e. The first-order chi connectivity index (χ1) is 12.7. The van der Waals surface area contributed by atoms with Gasteiger partial charge in [-0.15, -0.1) is 0 Å². The van der Waals surface area contributed by atoms with Gasteiger partial charge in [-0.05, 0) is 52.6 Å². The monoisotopic (exact) mass is 465 g/mol. The summed E-state index contributed by atoms with van der Waals surface area (Å²) >= 11 is 6.93. The van der Waals surface area contributed by atoms with Crippen molar-refractivity contribution in [3.63, 3.8) is 0 Å². The molecule has 0 bridgehead atoms. The molecule has 0 amide bonds. The van der Waals surface area contributed by atoms with Crippen LogP contribution in [-0.4, -0.2) is 4.98 Å². The van der Waals surface area contributed by atoms with Gasteiger partial charge in [0, 0.05) is 21.3 Å². The minimum atomic E-state index is 1.07. The summed E-state index contributed by atoms with van der Waals surface area (Å²) in [5.74, 6) is 0. The summed E-state index contributed by atoms with van der Waals surface area (Å²) < 4.78 is 2.14. The van der Waals surface area contributed by atoms with Crippen LogP contribution in [0.3, 0.4) is 0 Å². The second-order valence-corrected chi connectivity index (χ2v) is 7.46. The zero-order valence-corrected chi connectivity index (χ0v) is 17.2. The number of nitrogens with zero attached hydrogens (tertiary/aromatic N) is 1. The van der Waals surface area contributed by atoms with Gasteiger partial charge in [-0.3, -0.25) is 4.98 Å². The zero-order chi connectivity index (χ0) is 18.2. The van der Waals surface area contributed by atoms with E-state index in [0.29, 0.717) is 0 Å². The Kier molecular flexibility index (Phi) is 6.75. The molecular weight excluding hydrogens is 450 g/mol. The van der Waals surface area contributed by atoms with Gasteiger partial charge in [-0.25, -0.2) is 0 Å². The molecule has 128 valence electrons. The number of pyridine rings is 1. The second-order valence-electron chi connectivity index (χ2n) is 5.63. The molecule has 0 saturated carbocycles. The summed E-state index contributed by atoms with van der Waals surface area (Å²) in [7, 11) is 0. The Morgan fingerprint density at radius 3 is 1.35 bits per heavy atom. The molecule has 1 nitrogen and oxygen atoms in total. The van der Waals surface area contributed by atoms with Gasteiger partial charge >= 0.3 is 0 Å². The molecule has 0 aliphatic heterocycles. The van der Waals surface area contributed by atoms with Crippen molar-refractivity contribution in [2.24, 2.45) is 0 Å². The van der Waals surface area contributed by atoms with Gasteiger partial charge in [0.2, 0.25) is 0 Å². The van der Waals surface area contributed by atoms with Crippen LogP contribution in [0.1, 0.15) is 0 Å². The van der Waals surface area contributed by atoms with Gasteiger partial charge in [0.05, 0.1) is 0 Å². The minimum Gasteiger partial charge on any atom is -0.265 e. The summed E-state index contributed by atoms with van der Waals surface area (Å²) in [6.07, 6.45) is 3.59. The van der Waals surface area contributed by atoms with Gasteiger partial charge in [0.25, 0.3) is 0 Å². The van der Waals surface area contributed by atoms with E-state index in [1.54, 1.807) is 12.4 Å². The second kappa shape index (κ2) is 9.46. The molecule has 0 aliphatic rings. The highest BCUT2D eigenvalue weighted by Crippen LogP contribution is 2.27. The van der Waals surface area contributed by atoms with Crippen LogP contribution in [-0.2, 0) is 0 Å². The molecule has 3 heteroatoms. The summed E-state index contributed by atoms with van der Waals surface area (Å²) in [4.78, 5) is 3.99. The Bertz CT molecular complexity index is 882. The van der Waals surface area contributed by atoms with E-state index in [0.717, 1.165) is 8.95 Å². The topological polar surface area (TPSA) is 12.9 Å². The zero-order valence-electron chi connectivity index (χ0n) is 14.0. The van der Waals surface area contributed by atoms with E-state index in [4.69, 9.17) is 0 Å². The number of rotatable bonds is 2. The third-order valence-electron chi connectivity index (χ3n) is 3.76. The van der Waals surface area contributed by atoms with Crippen LogP contribution in [0.5, 0.6) is 0 Å². The average Bonchev–Trinajstić information content (AvgIpc) is 2.70. The molecule has 4 aromatic rings. The van der Waals surface area contributed by atoms with Crippen LogP contribution < -0.4 is 0 Å². The van der Waals surface area contributed by atoms with Crippen LogP contribution in [0.25, 0.3) is 22.3 Å². The minimum absolute atomic E-state index is 1.07. The Hall–Kier alpha value is -2.23. The van der Waals surface area contributed by atoms with Gasteiger partial charge in [0.15, 0.2) is 0 Å². The molecule has 0 N–H and O–H groups in total. The van der Waals surface area contributed by atoms with Crippen molar-refractivity contribution in [3.05, 3.63) is 112 Å². The first-order valence-corrected chi connectivity index (χ1v) is 9.78. The van der Waals surface area contributed by atoms with Crippen molar-refractivity contribution in [1.82, 2.24) is 4.98 Å². The number of benzene rings is 3. The lowest BCUT2D eigenvalue weighted by atomic mass is 10.1. The maximum atomic E-state index is 3.99. The highest BCUT2D eigenvalue weighted by atomic mass is 79.9. The van der Waals surface area contributed by atoms with Gasteiger partial charge in [-0.2, -0.15) is 0 Å². The number of hydrogen-bond acceptors (Lipinski definition) is 1. The number of hydrogen-bond donors (Lipinski definition) is 0. The fourth-order valence-corrected chi connectivity index (χ4v) is 3.82. The molecule has 1 heterocycles.